The smallest absolute Gasteiger partial charge is 0.332 e. The van der Waals surface area contributed by atoms with Gasteiger partial charge in [0.2, 0.25) is 5.91 Å². The van der Waals surface area contributed by atoms with Gasteiger partial charge in [-0.3, -0.25) is 14.5 Å². The average molecular weight is 350 g/mol. The van der Waals surface area contributed by atoms with Gasteiger partial charge >= 0.3 is 6.03 Å². The van der Waals surface area contributed by atoms with Crippen LogP contribution in [0.15, 0.2) is 24.3 Å². The fourth-order valence-corrected chi connectivity index (χ4v) is 3.70. The summed E-state index contributed by atoms with van der Waals surface area (Å²) in [6, 6.07) is 5.09. The summed E-state index contributed by atoms with van der Waals surface area (Å²) < 4.78 is 0. The van der Waals surface area contributed by atoms with Gasteiger partial charge in [0.15, 0.2) is 0 Å². The van der Waals surface area contributed by atoms with E-state index in [-0.39, 0.29) is 11.8 Å². The molecular weight excluding hydrogens is 330 g/mol. The summed E-state index contributed by atoms with van der Waals surface area (Å²) >= 11 is 5.97. The number of anilines is 1. The number of halogens is 1. The number of nitrogens with zero attached hydrogens (tertiary/aromatic N) is 3. The van der Waals surface area contributed by atoms with Crippen LogP contribution in [-0.4, -0.2) is 52.8 Å². The second kappa shape index (κ2) is 6.43. The van der Waals surface area contributed by atoms with Crippen LogP contribution in [0.3, 0.4) is 0 Å². The van der Waals surface area contributed by atoms with E-state index in [1.54, 1.807) is 29.2 Å². The minimum Gasteiger partial charge on any atom is -0.341 e. The van der Waals surface area contributed by atoms with Crippen LogP contribution in [0.25, 0.3) is 0 Å². The highest BCUT2D eigenvalue weighted by molar-refractivity contribution is 6.31. The highest BCUT2D eigenvalue weighted by Gasteiger charge is 2.54. The van der Waals surface area contributed by atoms with E-state index in [0.717, 1.165) is 4.90 Å². The van der Waals surface area contributed by atoms with Crippen LogP contribution in [0.4, 0.5) is 10.5 Å². The lowest BCUT2D eigenvalue weighted by Gasteiger charge is -2.28. The summed E-state index contributed by atoms with van der Waals surface area (Å²) in [6.07, 6.45) is 1.04. The van der Waals surface area contributed by atoms with Gasteiger partial charge in [0.1, 0.15) is 12.1 Å². The van der Waals surface area contributed by atoms with Crippen molar-refractivity contribution in [2.75, 3.05) is 18.0 Å². The zero-order chi connectivity index (χ0) is 17.4. The Morgan fingerprint density at radius 2 is 1.96 bits per heavy atom. The van der Waals surface area contributed by atoms with Crippen LogP contribution in [0.2, 0.25) is 5.02 Å². The highest BCUT2D eigenvalue weighted by Crippen LogP contribution is 2.36. The molecule has 2 fully saturated rings. The Labute approximate surface area is 146 Å². The predicted molar refractivity (Wildman–Crippen MR) is 90.9 cm³/mol. The normalized spacial score (nSPS) is 23.0. The Hall–Kier alpha value is -2.08. The van der Waals surface area contributed by atoms with Gasteiger partial charge in [-0.05, 0) is 44.9 Å². The van der Waals surface area contributed by atoms with Gasteiger partial charge in [0.05, 0.1) is 5.69 Å². The van der Waals surface area contributed by atoms with Crippen LogP contribution in [0.1, 0.15) is 26.7 Å². The number of carbonyl (C=O) groups is 3. The van der Waals surface area contributed by atoms with E-state index >= 15 is 0 Å². The molecule has 2 aliphatic rings. The molecule has 3 rings (SSSR count). The number of likely N-dealkylation sites (N-methyl/N-ethyl adjacent to an activating group) is 1. The van der Waals surface area contributed by atoms with E-state index in [2.05, 4.69) is 0 Å². The van der Waals surface area contributed by atoms with Gasteiger partial charge in [-0.2, -0.15) is 0 Å². The first-order valence-electron chi connectivity index (χ1n) is 8.20. The maximum absolute atomic E-state index is 12.8. The van der Waals surface area contributed by atoms with E-state index in [1.165, 1.54) is 4.90 Å². The second-order valence-electron chi connectivity index (χ2n) is 5.96. The molecule has 128 valence electrons. The van der Waals surface area contributed by atoms with Gasteiger partial charge in [-0.25, -0.2) is 9.69 Å². The van der Waals surface area contributed by atoms with Crippen molar-refractivity contribution >= 4 is 35.1 Å². The quantitative estimate of drug-likeness (QED) is 0.785. The Morgan fingerprint density at radius 1 is 1.25 bits per heavy atom. The molecule has 0 radical (unpaired) electrons. The first-order chi connectivity index (χ1) is 11.5. The standard InChI is InChI=1S/C17H20ClN3O3/c1-3-19(4-2)15(22)13-8-9-14-16(23)20(17(24)21(13)14)12-7-5-6-11(18)10-12/h5-7,10,13-14H,3-4,8-9H2,1-2H3. The molecule has 1 aromatic rings. The molecule has 2 atom stereocenters. The Balaban J connectivity index is 1.89. The van der Waals surface area contributed by atoms with E-state index in [9.17, 15) is 14.4 Å². The summed E-state index contributed by atoms with van der Waals surface area (Å²) in [4.78, 5) is 42.5. The molecule has 6 nitrogen and oxygen atoms in total. The minimum atomic E-state index is -0.560. The topological polar surface area (TPSA) is 60.9 Å². The van der Waals surface area contributed by atoms with Crippen molar-refractivity contribution in [2.45, 2.75) is 38.8 Å². The number of imide groups is 1. The number of rotatable bonds is 4. The number of hydrogen-bond donors (Lipinski definition) is 0. The summed E-state index contributed by atoms with van der Waals surface area (Å²) in [5.74, 6) is -0.367. The number of hydrogen-bond acceptors (Lipinski definition) is 3. The number of carbonyl (C=O) groups excluding carboxylic acids is 3. The van der Waals surface area contributed by atoms with E-state index < -0.39 is 18.1 Å². The molecule has 2 aliphatic heterocycles. The maximum atomic E-state index is 12.8. The number of benzene rings is 1. The lowest BCUT2D eigenvalue weighted by Crippen LogP contribution is -2.48. The zero-order valence-electron chi connectivity index (χ0n) is 13.7. The Morgan fingerprint density at radius 3 is 2.58 bits per heavy atom. The Kier molecular flexibility index (Phi) is 4.49. The van der Waals surface area contributed by atoms with Crippen molar-refractivity contribution in [2.24, 2.45) is 0 Å². The van der Waals surface area contributed by atoms with Gasteiger partial charge in [0.25, 0.3) is 5.91 Å². The van der Waals surface area contributed by atoms with E-state index in [4.69, 9.17) is 11.6 Å². The monoisotopic (exact) mass is 349 g/mol. The number of urea groups is 1. The molecule has 0 spiro atoms. The van der Waals surface area contributed by atoms with Crippen molar-refractivity contribution < 1.29 is 14.4 Å². The molecule has 2 heterocycles. The molecule has 0 bridgehead atoms. The molecule has 4 amide bonds. The number of fused-ring (bicyclic) bond motifs is 1. The molecular formula is C17H20ClN3O3. The molecule has 2 saturated heterocycles. The zero-order valence-corrected chi connectivity index (χ0v) is 14.5. The van der Waals surface area contributed by atoms with Gasteiger partial charge in [0, 0.05) is 18.1 Å². The first-order valence-corrected chi connectivity index (χ1v) is 8.58. The molecule has 7 heteroatoms. The number of amides is 4. The highest BCUT2D eigenvalue weighted by atomic mass is 35.5. The van der Waals surface area contributed by atoms with Crippen LogP contribution >= 0.6 is 11.6 Å². The molecule has 0 aromatic heterocycles. The summed E-state index contributed by atoms with van der Waals surface area (Å²) in [5.41, 5.74) is 0.445. The van der Waals surface area contributed by atoms with Crippen LogP contribution in [0, 0.1) is 0 Å². The Bertz CT molecular complexity index is 689. The molecule has 0 aliphatic carbocycles. The fourth-order valence-electron chi connectivity index (χ4n) is 3.52. The van der Waals surface area contributed by atoms with Crippen LogP contribution in [0.5, 0.6) is 0 Å². The summed E-state index contributed by atoms with van der Waals surface area (Å²) in [5, 5.41) is 0.455. The lowest BCUT2D eigenvalue weighted by atomic mass is 10.1. The van der Waals surface area contributed by atoms with Gasteiger partial charge < -0.3 is 4.90 Å². The third-order valence-corrected chi connectivity index (χ3v) is 4.96. The fraction of sp³-hybridized carbons (Fsp3) is 0.471. The van der Waals surface area contributed by atoms with E-state index in [0.29, 0.717) is 36.6 Å². The minimum absolute atomic E-state index is 0.0865. The molecule has 0 N–H and O–H groups in total. The molecule has 2 unspecified atom stereocenters. The third kappa shape index (κ3) is 2.55. The van der Waals surface area contributed by atoms with Crippen molar-refractivity contribution in [3.63, 3.8) is 0 Å². The van der Waals surface area contributed by atoms with Crippen LogP contribution < -0.4 is 4.90 Å². The summed E-state index contributed by atoms with van der Waals surface area (Å²) in [7, 11) is 0. The van der Waals surface area contributed by atoms with Crippen molar-refractivity contribution in [3.05, 3.63) is 29.3 Å². The van der Waals surface area contributed by atoms with Crippen molar-refractivity contribution in [1.29, 1.82) is 0 Å². The van der Waals surface area contributed by atoms with Crippen molar-refractivity contribution in [3.8, 4) is 0 Å². The van der Waals surface area contributed by atoms with Gasteiger partial charge in [-0.1, -0.05) is 17.7 Å². The molecule has 24 heavy (non-hydrogen) atoms. The largest absolute Gasteiger partial charge is 0.341 e. The van der Waals surface area contributed by atoms with E-state index in [1.807, 2.05) is 13.8 Å². The second-order valence-corrected chi connectivity index (χ2v) is 6.40. The van der Waals surface area contributed by atoms with Crippen molar-refractivity contribution in [1.82, 2.24) is 9.80 Å². The summed E-state index contributed by atoms with van der Waals surface area (Å²) in [6.45, 7) is 4.99. The average Bonchev–Trinajstić information content (AvgIpc) is 3.09. The third-order valence-electron chi connectivity index (χ3n) is 4.73. The van der Waals surface area contributed by atoms with Gasteiger partial charge in [-0.15, -0.1) is 0 Å². The predicted octanol–water partition coefficient (Wildman–Crippen LogP) is 2.51. The molecule has 0 saturated carbocycles. The molecule has 1 aromatic carbocycles. The first kappa shape index (κ1) is 16.8. The SMILES string of the molecule is CCN(CC)C(=O)C1CCC2C(=O)N(c3cccc(Cl)c3)C(=O)N12. The maximum Gasteiger partial charge on any atom is 0.332 e. The lowest BCUT2D eigenvalue weighted by molar-refractivity contribution is -0.135. The van der Waals surface area contributed by atoms with Crippen LogP contribution in [-0.2, 0) is 9.59 Å².